The van der Waals surface area contributed by atoms with Gasteiger partial charge in [0.15, 0.2) is 0 Å². The van der Waals surface area contributed by atoms with E-state index in [1.165, 1.54) is 5.56 Å². The van der Waals surface area contributed by atoms with E-state index in [2.05, 4.69) is 53.3 Å². The smallest absolute Gasteiger partial charge is 0.123 e. The molecule has 1 heterocycles. The molecular weight excluding hydrogens is 278 g/mol. The zero-order valence-corrected chi connectivity index (χ0v) is 12.0. The molecule has 2 nitrogen and oxygen atoms in total. The van der Waals surface area contributed by atoms with E-state index in [1.54, 1.807) is 0 Å². The summed E-state index contributed by atoms with van der Waals surface area (Å²) in [6, 6.07) is 8.83. The van der Waals surface area contributed by atoms with Crippen LogP contribution in [0.15, 0.2) is 24.3 Å². The van der Waals surface area contributed by atoms with E-state index in [0.29, 0.717) is 12.0 Å². The van der Waals surface area contributed by atoms with E-state index in [9.17, 15) is 0 Å². The van der Waals surface area contributed by atoms with Gasteiger partial charge in [0.2, 0.25) is 0 Å². The molecule has 0 aromatic heterocycles. The zero-order valence-electron chi connectivity index (χ0n) is 10.4. The molecule has 17 heavy (non-hydrogen) atoms. The number of nitrogens with one attached hydrogen (secondary N) is 1. The van der Waals surface area contributed by atoms with Crippen molar-refractivity contribution >= 4 is 15.9 Å². The third-order valence-electron chi connectivity index (χ3n) is 3.29. The second kappa shape index (κ2) is 5.87. The molecule has 0 amide bonds. The molecule has 2 unspecified atom stereocenters. The number of ether oxygens (including phenoxy) is 1. The van der Waals surface area contributed by atoms with Gasteiger partial charge in [-0.2, -0.15) is 0 Å². The van der Waals surface area contributed by atoms with E-state index in [0.717, 1.165) is 24.0 Å². The van der Waals surface area contributed by atoms with Crippen LogP contribution in [0.2, 0.25) is 0 Å². The number of rotatable bonds is 5. The van der Waals surface area contributed by atoms with Gasteiger partial charge in [-0.3, -0.25) is 0 Å². The number of fused-ring (bicyclic) bond motifs is 1. The fourth-order valence-electron chi connectivity index (χ4n) is 2.12. The van der Waals surface area contributed by atoms with E-state index < -0.39 is 0 Å². The Bertz CT molecular complexity index is 342. The molecule has 94 valence electrons. The highest BCUT2D eigenvalue weighted by molar-refractivity contribution is 9.09. The molecule has 3 heteroatoms. The first-order valence-electron chi connectivity index (χ1n) is 6.24. The standard InChI is InChI=1S/C14H20BrNO/c1-10(2)13(8-15)16-9-12-7-11-5-3-4-6-14(11)17-12/h3-6,10,12-13,16H,7-9H2,1-2H3. The molecule has 1 aliphatic heterocycles. The van der Waals surface area contributed by atoms with Gasteiger partial charge in [0.05, 0.1) is 0 Å². The van der Waals surface area contributed by atoms with Crippen molar-refractivity contribution in [2.24, 2.45) is 5.92 Å². The highest BCUT2D eigenvalue weighted by Crippen LogP contribution is 2.27. The topological polar surface area (TPSA) is 21.3 Å². The van der Waals surface area contributed by atoms with Gasteiger partial charge >= 0.3 is 0 Å². The molecule has 0 aliphatic carbocycles. The van der Waals surface area contributed by atoms with Crippen molar-refractivity contribution < 1.29 is 4.74 Å². The summed E-state index contributed by atoms with van der Waals surface area (Å²) in [7, 11) is 0. The van der Waals surface area contributed by atoms with Crippen LogP contribution in [-0.2, 0) is 6.42 Å². The summed E-state index contributed by atoms with van der Waals surface area (Å²) in [6.45, 7) is 5.40. The quantitative estimate of drug-likeness (QED) is 0.844. The number of hydrogen-bond acceptors (Lipinski definition) is 2. The molecule has 2 rings (SSSR count). The third-order valence-corrected chi connectivity index (χ3v) is 3.99. The van der Waals surface area contributed by atoms with E-state index in [1.807, 2.05) is 6.07 Å². The molecule has 1 aromatic rings. The summed E-state index contributed by atoms with van der Waals surface area (Å²) in [5.41, 5.74) is 1.33. The average molecular weight is 298 g/mol. The van der Waals surface area contributed by atoms with Gasteiger partial charge in [-0.25, -0.2) is 0 Å². The SMILES string of the molecule is CC(C)C(CBr)NCC1Cc2ccccc2O1. The van der Waals surface area contributed by atoms with Crippen LogP contribution in [-0.4, -0.2) is 24.0 Å². The Hall–Kier alpha value is -0.540. The summed E-state index contributed by atoms with van der Waals surface area (Å²) in [5, 5.41) is 4.56. The Morgan fingerprint density at radius 1 is 1.41 bits per heavy atom. The molecule has 0 saturated carbocycles. The maximum atomic E-state index is 5.90. The largest absolute Gasteiger partial charge is 0.488 e. The highest BCUT2D eigenvalue weighted by atomic mass is 79.9. The Labute approximate surface area is 112 Å². The third kappa shape index (κ3) is 3.23. The minimum absolute atomic E-state index is 0.285. The Kier molecular flexibility index (Phi) is 4.46. The van der Waals surface area contributed by atoms with Gasteiger partial charge in [-0.1, -0.05) is 48.0 Å². The van der Waals surface area contributed by atoms with Crippen molar-refractivity contribution in [1.29, 1.82) is 0 Å². The van der Waals surface area contributed by atoms with Crippen molar-refractivity contribution in [3.05, 3.63) is 29.8 Å². The maximum absolute atomic E-state index is 5.90. The second-order valence-corrected chi connectivity index (χ2v) is 5.61. The molecule has 1 aromatic carbocycles. The van der Waals surface area contributed by atoms with Gasteiger partial charge in [-0.15, -0.1) is 0 Å². The van der Waals surface area contributed by atoms with Crippen molar-refractivity contribution in [1.82, 2.24) is 5.32 Å². The van der Waals surface area contributed by atoms with Gasteiger partial charge in [-0.05, 0) is 17.5 Å². The molecule has 1 N–H and O–H groups in total. The van der Waals surface area contributed by atoms with Crippen LogP contribution in [0.1, 0.15) is 19.4 Å². The molecule has 2 atom stereocenters. The predicted octanol–water partition coefficient (Wildman–Crippen LogP) is 3.00. The summed E-state index contributed by atoms with van der Waals surface area (Å²) < 4.78 is 5.90. The zero-order chi connectivity index (χ0) is 12.3. The molecule has 1 aliphatic rings. The van der Waals surface area contributed by atoms with Crippen molar-refractivity contribution in [3.8, 4) is 5.75 Å². The van der Waals surface area contributed by atoms with Crippen LogP contribution >= 0.6 is 15.9 Å². The molecule has 0 radical (unpaired) electrons. The number of halogens is 1. The fraction of sp³-hybridized carbons (Fsp3) is 0.571. The summed E-state index contributed by atoms with van der Waals surface area (Å²) >= 11 is 3.55. The minimum Gasteiger partial charge on any atom is -0.488 e. The first-order chi connectivity index (χ1) is 8.20. The van der Waals surface area contributed by atoms with Crippen molar-refractivity contribution in [2.75, 3.05) is 11.9 Å². The maximum Gasteiger partial charge on any atom is 0.123 e. The van der Waals surface area contributed by atoms with Gasteiger partial charge in [0, 0.05) is 24.3 Å². The molecule has 0 spiro atoms. The van der Waals surface area contributed by atoms with Crippen LogP contribution < -0.4 is 10.1 Å². The monoisotopic (exact) mass is 297 g/mol. The Morgan fingerprint density at radius 3 is 2.82 bits per heavy atom. The van der Waals surface area contributed by atoms with Crippen LogP contribution in [0.25, 0.3) is 0 Å². The summed E-state index contributed by atoms with van der Waals surface area (Å²) in [5.74, 6) is 1.69. The normalized spacial score (nSPS) is 20.1. The lowest BCUT2D eigenvalue weighted by Crippen LogP contribution is -2.41. The average Bonchev–Trinajstić information content (AvgIpc) is 2.71. The highest BCUT2D eigenvalue weighted by Gasteiger charge is 2.23. The van der Waals surface area contributed by atoms with E-state index >= 15 is 0 Å². The number of hydrogen-bond donors (Lipinski definition) is 1. The van der Waals surface area contributed by atoms with Crippen molar-refractivity contribution in [2.45, 2.75) is 32.4 Å². The van der Waals surface area contributed by atoms with Crippen molar-refractivity contribution in [3.63, 3.8) is 0 Å². The predicted molar refractivity (Wildman–Crippen MR) is 75.0 cm³/mol. The first-order valence-corrected chi connectivity index (χ1v) is 7.36. The Morgan fingerprint density at radius 2 is 2.18 bits per heavy atom. The van der Waals surface area contributed by atoms with Crippen LogP contribution in [0, 0.1) is 5.92 Å². The minimum atomic E-state index is 0.285. The Balaban J connectivity index is 1.84. The number of alkyl halides is 1. The van der Waals surface area contributed by atoms with Crippen LogP contribution in [0.4, 0.5) is 0 Å². The van der Waals surface area contributed by atoms with Crippen LogP contribution in [0.5, 0.6) is 5.75 Å². The number of para-hydroxylation sites is 1. The second-order valence-electron chi connectivity index (χ2n) is 4.96. The lowest BCUT2D eigenvalue weighted by molar-refractivity contribution is 0.218. The number of benzene rings is 1. The first kappa shape index (κ1) is 12.9. The van der Waals surface area contributed by atoms with Crippen LogP contribution in [0.3, 0.4) is 0 Å². The van der Waals surface area contributed by atoms with E-state index in [4.69, 9.17) is 4.74 Å². The van der Waals surface area contributed by atoms with E-state index in [-0.39, 0.29) is 6.10 Å². The van der Waals surface area contributed by atoms with Gasteiger partial charge in [0.25, 0.3) is 0 Å². The summed E-state index contributed by atoms with van der Waals surface area (Å²) in [4.78, 5) is 0. The molecule has 0 bridgehead atoms. The van der Waals surface area contributed by atoms with Gasteiger partial charge in [0.1, 0.15) is 11.9 Å². The lowest BCUT2D eigenvalue weighted by atomic mass is 10.1. The molecule has 0 fully saturated rings. The fourth-order valence-corrected chi connectivity index (χ4v) is 3.10. The van der Waals surface area contributed by atoms with Gasteiger partial charge < -0.3 is 10.1 Å². The lowest BCUT2D eigenvalue weighted by Gasteiger charge is -2.22. The summed E-state index contributed by atoms with van der Waals surface area (Å²) in [6.07, 6.45) is 1.31. The molecular formula is C14H20BrNO. The molecule has 0 saturated heterocycles.